The van der Waals surface area contributed by atoms with Crippen LogP contribution in [-0.4, -0.2) is 51.0 Å². The van der Waals surface area contributed by atoms with Gasteiger partial charge in [-0.3, -0.25) is 14.6 Å². The molecule has 0 spiro atoms. The fourth-order valence-corrected chi connectivity index (χ4v) is 6.62. The second-order valence-electron chi connectivity index (χ2n) is 10.9. The molecule has 1 heterocycles. The molecule has 0 radical (unpaired) electrons. The minimum Gasteiger partial charge on any atom is -0.392 e. The normalized spacial score (nSPS) is 31.2. The van der Waals surface area contributed by atoms with E-state index in [0.29, 0.717) is 12.2 Å². The van der Waals surface area contributed by atoms with Gasteiger partial charge in [-0.25, -0.2) is 4.98 Å². The van der Waals surface area contributed by atoms with E-state index in [-0.39, 0.29) is 46.9 Å². The standard InChI is InChI=1S/C28H38N4O3/c1-18(27(35)32(4)17-20-8-6-5-7-9-20)21-10-12-28(3)13-11-22(19(2)24(28)25(21)33)31-26(34)23-16-29-14-15-30-23/h5-9,14-16,18-19,21-22,24-25,33H,10-13,17H2,1-4H3,(H,31,34)/t18-,19+,21-,22-,24+,25-,28-/m0/s1. The summed E-state index contributed by atoms with van der Waals surface area (Å²) < 4.78 is 0. The molecule has 7 nitrogen and oxygen atoms in total. The molecule has 4 rings (SSSR count). The van der Waals surface area contributed by atoms with Crippen molar-refractivity contribution in [3.63, 3.8) is 0 Å². The fraction of sp³-hybridized carbons (Fsp3) is 0.571. The van der Waals surface area contributed by atoms with E-state index in [2.05, 4.69) is 29.1 Å². The largest absolute Gasteiger partial charge is 0.392 e. The molecular formula is C28H38N4O3. The lowest BCUT2D eigenvalue weighted by atomic mass is 9.51. The van der Waals surface area contributed by atoms with Gasteiger partial charge in [-0.2, -0.15) is 0 Å². The summed E-state index contributed by atoms with van der Waals surface area (Å²) in [6, 6.07) is 9.92. The first-order valence-corrected chi connectivity index (χ1v) is 12.7. The predicted octanol–water partition coefficient (Wildman–Crippen LogP) is 3.69. The van der Waals surface area contributed by atoms with Crippen LogP contribution in [0.5, 0.6) is 0 Å². The molecule has 0 saturated heterocycles. The van der Waals surface area contributed by atoms with Gasteiger partial charge in [-0.1, -0.05) is 51.1 Å². The second-order valence-corrected chi connectivity index (χ2v) is 10.9. The van der Waals surface area contributed by atoms with Gasteiger partial charge in [-0.15, -0.1) is 0 Å². The van der Waals surface area contributed by atoms with Crippen LogP contribution in [0.15, 0.2) is 48.9 Å². The van der Waals surface area contributed by atoms with E-state index in [1.54, 1.807) is 11.1 Å². The highest BCUT2D eigenvalue weighted by Crippen LogP contribution is 2.55. The zero-order valence-electron chi connectivity index (χ0n) is 21.2. The van der Waals surface area contributed by atoms with Crippen molar-refractivity contribution in [3.8, 4) is 0 Å². The SMILES string of the molecule is C[C@H]1[C@@H]2[C@@H](O)[C@H]([C@H](C)C(=O)N(C)Cc3ccccc3)CC[C@@]2(C)CC[C@@H]1NC(=O)c1cnccn1. The maximum atomic E-state index is 13.3. The molecular weight excluding hydrogens is 440 g/mol. The molecule has 7 atom stereocenters. The van der Waals surface area contributed by atoms with Crippen molar-refractivity contribution in [2.24, 2.45) is 29.1 Å². The fourth-order valence-electron chi connectivity index (χ4n) is 6.62. The lowest BCUT2D eigenvalue weighted by molar-refractivity contribution is -0.149. The first-order valence-electron chi connectivity index (χ1n) is 12.7. The molecule has 2 aliphatic carbocycles. The summed E-state index contributed by atoms with van der Waals surface area (Å²) in [5, 5.41) is 14.8. The molecule has 2 aliphatic rings. The van der Waals surface area contributed by atoms with Gasteiger partial charge >= 0.3 is 0 Å². The van der Waals surface area contributed by atoms with Gasteiger partial charge in [0.1, 0.15) is 5.69 Å². The van der Waals surface area contributed by atoms with Gasteiger partial charge in [0.2, 0.25) is 5.91 Å². The third-order valence-electron chi connectivity index (χ3n) is 8.67. The van der Waals surface area contributed by atoms with Crippen molar-refractivity contribution in [3.05, 3.63) is 60.2 Å². The number of nitrogens with zero attached hydrogens (tertiary/aromatic N) is 3. The number of rotatable bonds is 6. The molecule has 1 aromatic heterocycles. The van der Waals surface area contributed by atoms with E-state index in [0.717, 1.165) is 31.2 Å². The van der Waals surface area contributed by atoms with Gasteiger partial charge in [0, 0.05) is 37.9 Å². The van der Waals surface area contributed by atoms with Crippen molar-refractivity contribution in [2.45, 2.75) is 65.1 Å². The highest BCUT2D eigenvalue weighted by Gasteiger charge is 2.54. The van der Waals surface area contributed by atoms with Crippen LogP contribution < -0.4 is 5.32 Å². The number of aliphatic hydroxyl groups excluding tert-OH is 1. The van der Waals surface area contributed by atoms with Gasteiger partial charge in [0.05, 0.1) is 12.3 Å². The summed E-state index contributed by atoms with van der Waals surface area (Å²) in [6.07, 6.45) is 7.56. The zero-order chi connectivity index (χ0) is 25.2. The lowest BCUT2D eigenvalue weighted by Gasteiger charge is -2.56. The molecule has 2 amide bonds. The molecule has 188 valence electrons. The quantitative estimate of drug-likeness (QED) is 0.660. The highest BCUT2D eigenvalue weighted by molar-refractivity contribution is 5.92. The molecule has 35 heavy (non-hydrogen) atoms. The number of benzene rings is 1. The topological polar surface area (TPSA) is 95.4 Å². The monoisotopic (exact) mass is 478 g/mol. The number of carbonyl (C=O) groups excluding carboxylic acids is 2. The van der Waals surface area contributed by atoms with E-state index in [9.17, 15) is 14.7 Å². The number of fused-ring (bicyclic) bond motifs is 1. The van der Waals surface area contributed by atoms with E-state index in [1.165, 1.54) is 12.4 Å². The molecule has 2 aromatic rings. The number of carbonyl (C=O) groups is 2. The Kier molecular flexibility index (Phi) is 7.55. The third-order valence-corrected chi connectivity index (χ3v) is 8.67. The zero-order valence-corrected chi connectivity index (χ0v) is 21.2. The second kappa shape index (κ2) is 10.4. The summed E-state index contributed by atoms with van der Waals surface area (Å²) in [5.41, 5.74) is 1.40. The number of amides is 2. The van der Waals surface area contributed by atoms with Crippen molar-refractivity contribution < 1.29 is 14.7 Å². The van der Waals surface area contributed by atoms with Crippen LogP contribution in [0.4, 0.5) is 0 Å². The Labute approximate surface area is 208 Å². The van der Waals surface area contributed by atoms with Crippen LogP contribution in [-0.2, 0) is 11.3 Å². The van der Waals surface area contributed by atoms with Gasteiger partial charge in [0.25, 0.3) is 5.91 Å². The summed E-state index contributed by atoms with van der Waals surface area (Å²) in [4.78, 5) is 35.9. The summed E-state index contributed by atoms with van der Waals surface area (Å²) in [6.45, 7) is 6.91. The molecule has 2 fully saturated rings. The minimum absolute atomic E-state index is 0.00181. The lowest BCUT2D eigenvalue weighted by Crippen LogP contribution is -2.58. The first-order chi connectivity index (χ1) is 16.7. The smallest absolute Gasteiger partial charge is 0.271 e. The van der Waals surface area contributed by atoms with Crippen molar-refractivity contribution in [1.82, 2.24) is 20.2 Å². The third kappa shape index (κ3) is 5.25. The number of aliphatic hydroxyl groups is 1. The van der Waals surface area contributed by atoms with Crippen LogP contribution >= 0.6 is 0 Å². The van der Waals surface area contributed by atoms with Gasteiger partial charge < -0.3 is 15.3 Å². The van der Waals surface area contributed by atoms with Crippen molar-refractivity contribution >= 4 is 11.8 Å². The Morgan fingerprint density at radius 3 is 2.60 bits per heavy atom. The Balaban J connectivity index is 1.45. The minimum atomic E-state index is -0.593. The van der Waals surface area contributed by atoms with Crippen LogP contribution in [0.1, 0.15) is 62.5 Å². The number of hydrogen-bond donors (Lipinski definition) is 2. The van der Waals surface area contributed by atoms with Crippen LogP contribution in [0, 0.1) is 29.1 Å². The summed E-state index contributed by atoms with van der Waals surface area (Å²) in [7, 11) is 1.84. The van der Waals surface area contributed by atoms with Gasteiger partial charge in [-0.05, 0) is 54.4 Å². The maximum absolute atomic E-state index is 13.3. The highest BCUT2D eigenvalue weighted by atomic mass is 16.3. The summed E-state index contributed by atoms with van der Waals surface area (Å²) >= 11 is 0. The molecule has 0 aliphatic heterocycles. The van der Waals surface area contributed by atoms with Crippen LogP contribution in [0.3, 0.4) is 0 Å². The van der Waals surface area contributed by atoms with Crippen molar-refractivity contribution in [1.29, 1.82) is 0 Å². The molecule has 0 unspecified atom stereocenters. The Bertz CT molecular complexity index is 1020. The van der Waals surface area contributed by atoms with E-state index >= 15 is 0 Å². The van der Waals surface area contributed by atoms with Crippen LogP contribution in [0.25, 0.3) is 0 Å². The number of aromatic nitrogens is 2. The van der Waals surface area contributed by atoms with Crippen LogP contribution in [0.2, 0.25) is 0 Å². The average Bonchev–Trinajstić information content (AvgIpc) is 2.86. The predicted molar refractivity (Wildman–Crippen MR) is 134 cm³/mol. The Morgan fingerprint density at radius 1 is 1.20 bits per heavy atom. The van der Waals surface area contributed by atoms with E-state index < -0.39 is 6.10 Å². The van der Waals surface area contributed by atoms with E-state index in [4.69, 9.17) is 0 Å². The molecule has 2 saturated carbocycles. The summed E-state index contributed by atoms with van der Waals surface area (Å²) in [5.74, 6) is -0.446. The first kappa shape index (κ1) is 25.3. The number of nitrogens with one attached hydrogen (secondary N) is 1. The van der Waals surface area contributed by atoms with Gasteiger partial charge in [0.15, 0.2) is 0 Å². The molecule has 0 bridgehead atoms. The molecule has 2 N–H and O–H groups in total. The Hall–Kier alpha value is -2.80. The van der Waals surface area contributed by atoms with Crippen molar-refractivity contribution in [2.75, 3.05) is 7.05 Å². The molecule has 7 heteroatoms. The number of hydrogen-bond acceptors (Lipinski definition) is 5. The molecule has 1 aromatic carbocycles. The Morgan fingerprint density at radius 2 is 1.91 bits per heavy atom. The van der Waals surface area contributed by atoms with E-state index in [1.807, 2.05) is 44.3 Å². The average molecular weight is 479 g/mol. The maximum Gasteiger partial charge on any atom is 0.271 e.